The Morgan fingerprint density at radius 1 is 1.15 bits per heavy atom. The first-order chi connectivity index (χ1) is 15.5. The lowest BCUT2D eigenvalue weighted by Gasteiger charge is -2.46. The monoisotopic (exact) mass is 515 g/mol. The Kier molecular flexibility index (Phi) is 6.78. The average molecular weight is 516 g/mol. The highest BCUT2D eigenvalue weighted by atomic mass is 32.2. The fraction of sp³-hybridized carbons (Fsp3) is 0.524. The van der Waals surface area contributed by atoms with Crippen LogP contribution in [0, 0.1) is 5.41 Å². The third-order valence-corrected chi connectivity index (χ3v) is 10.5. The average Bonchev–Trinajstić information content (AvgIpc) is 3.28. The van der Waals surface area contributed by atoms with Crippen LogP contribution >= 0.6 is 11.3 Å². The number of rotatable bonds is 8. The van der Waals surface area contributed by atoms with Gasteiger partial charge >= 0.3 is 0 Å². The van der Waals surface area contributed by atoms with Gasteiger partial charge in [-0.1, -0.05) is 13.0 Å². The van der Waals surface area contributed by atoms with Gasteiger partial charge < -0.3 is 14.7 Å². The van der Waals surface area contributed by atoms with E-state index in [0.717, 1.165) is 5.69 Å². The Labute approximate surface area is 199 Å². The van der Waals surface area contributed by atoms with E-state index in [2.05, 4.69) is 0 Å². The van der Waals surface area contributed by atoms with Gasteiger partial charge in [-0.25, -0.2) is 16.8 Å². The number of benzene rings is 1. The predicted molar refractivity (Wildman–Crippen MR) is 128 cm³/mol. The molecule has 2 saturated heterocycles. The number of phenolic OH excluding ortho intramolecular Hbond substituents is 1. The molecule has 1 N–H and O–H groups in total. The topological polar surface area (TPSA) is 107 Å². The SMILES string of the molecule is CC1(CN(C[C@H]2CN(S(=O)(=O)c3cccs3)CCN2c2ccc(O)cc2)S(C)(=O)=O)COC1. The van der Waals surface area contributed by atoms with Gasteiger partial charge in [-0.3, -0.25) is 0 Å². The number of hydrogen-bond donors (Lipinski definition) is 1. The van der Waals surface area contributed by atoms with Crippen LogP contribution in [-0.4, -0.2) is 88.8 Å². The molecule has 0 unspecified atom stereocenters. The molecule has 1 atom stereocenters. The van der Waals surface area contributed by atoms with Gasteiger partial charge in [0.25, 0.3) is 10.0 Å². The summed E-state index contributed by atoms with van der Waals surface area (Å²) < 4.78 is 60.2. The molecule has 0 amide bonds. The molecule has 1 aromatic carbocycles. The zero-order valence-corrected chi connectivity index (χ0v) is 21.1. The maximum absolute atomic E-state index is 13.2. The van der Waals surface area contributed by atoms with Gasteiger partial charge in [0, 0.05) is 43.8 Å². The summed E-state index contributed by atoms with van der Waals surface area (Å²) in [5.74, 6) is 0.130. The van der Waals surface area contributed by atoms with E-state index in [-0.39, 0.29) is 35.0 Å². The summed E-state index contributed by atoms with van der Waals surface area (Å²) in [6, 6.07) is 9.55. The molecule has 12 heteroatoms. The van der Waals surface area contributed by atoms with Crippen LogP contribution in [0.15, 0.2) is 46.0 Å². The van der Waals surface area contributed by atoms with Crippen molar-refractivity contribution < 1.29 is 26.7 Å². The number of hydrogen-bond acceptors (Lipinski definition) is 8. The van der Waals surface area contributed by atoms with Crippen LogP contribution in [0.1, 0.15) is 6.92 Å². The number of thiophene rings is 1. The second-order valence-electron chi connectivity index (χ2n) is 9.02. The van der Waals surface area contributed by atoms with Gasteiger partial charge in [-0.15, -0.1) is 11.3 Å². The Morgan fingerprint density at radius 2 is 1.85 bits per heavy atom. The largest absolute Gasteiger partial charge is 0.508 e. The fourth-order valence-corrected chi connectivity index (χ4v) is 7.84. The second kappa shape index (κ2) is 9.16. The van der Waals surface area contributed by atoms with E-state index in [1.807, 2.05) is 11.8 Å². The zero-order chi connectivity index (χ0) is 23.9. The van der Waals surface area contributed by atoms with Crippen molar-refractivity contribution in [1.82, 2.24) is 8.61 Å². The summed E-state index contributed by atoms with van der Waals surface area (Å²) >= 11 is 1.17. The molecule has 3 heterocycles. The van der Waals surface area contributed by atoms with Crippen LogP contribution in [0.2, 0.25) is 0 Å². The van der Waals surface area contributed by atoms with E-state index in [9.17, 15) is 21.9 Å². The third-order valence-electron chi connectivity index (χ3n) is 6.06. The van der Waals surface area contributed by atoms with Crippen molar-refractivity contribution in [2.24, 2.45) is 5.41 Å². The molecule has 2 aromatic rings. The number of aromatic hydroxyl groups is 1. The van der Waals surface area contributed by atoms with Crippen molar-refractivity contribution in [3.8, 4) is 5.75 Å². The quantitative estimate of drug-likeness (QED) is 0.569. The molecule has 2 aliphatic rings. The number of nitrogens with zero attached hydrogens (tertiary/aromatic N) is 3. The van der Waals surface area contributed by atoms with Crippen LogP contribution in [0.5, 0.6) is 5.75 Å². The van der Waals surface area contributed by atoms with Gasteiger partial charge in [0.15, 0.2) is 0 Å². The molecule has 0 radical (unpaired) electrons. The number of phenols is 1. The van der Waals surface area contributed by atoms with E-state index >= 15 is 0 Å². The minimum absolute atomic E-state index is 0.130. The van der Waals surface area contributed by atoms with Crippen LogP contribution < -0.4 is 4.90 Å². The van der Waals surface area contributed by atoms with E-state index in [1.165, 1.54) is 26.2 Å². The predicted octanol–water partition coefficient (Wildman–Crippen LogP) is 1.63. The molecular weight excluding hydrogens is 486 g/mol. The van der Waals surface area contributed by atoms with E-state index in [4.69, 9.17) is 4.74 Å². The molecule has 33 heavy (non-hydrogen) atoms. The van der Waals surface area contributed by atoms with Gasteiger partial charge in [-0.05, 0) is 35.7 Å². The second-order valence-corrected chi connectivity index (χ2v) is 14.1. The molecular formula is C21H29N3O6S3. The first-order valence-corrected chi connectivity index (χ1v) is 14.8. The third kappa shape index (κ3) is 5.36. The summed E-state index contributed by atoms with van der Waals surface area (Å²) in [4.78, 5) is 2.03. The molecule has 2 fully saturated rings. The van der Waals surface area contributed by atoms with Crippen molar-refractivity contribution >= 4 is 37.1 Å². The van der Waals surface area contributed by atoms with Crippen LogP contribution in [0.25, 0.3) is 0 Å². The van der Waals surface area contributed by atoms with Crippen LogP contribution in [-0.2, 0) is 24.8 Å². The summed E-state index contributed by atoms with van der Waals surface area (Å²) in [6.07, 6.45) is 1.18. The Morgan fingerprint density at radius 3 is 2.39 bits per heavy atom. The molecule has 0 spiro atoms. The molecule has 4 rings (SSSR count). The highest BCUT2D eigenvalue weighted by Gasteiger charge is 2.41. The van der Waals surface area contributed by atoms with Crippen molar-refractivity contribution in [1.29, 1.82) is 0 Å². The molecule has 9 nitrogen and oxygen atoms in total. The van der Waals surface area contributed by atoms with Crippen molar-refractivity contribution in [2.45, 2.75) is 17.2 Å². The van der Waals surface area contributed by atoms with Gasteiger partial charge in [0.05, 0.1) is 25.5 Å². The lowest BCUT2D eigenvalue weighted by molar-refractivity contribution is -0.107. The summed E-state index contributed by atoms with van der Waals surface area (Å²) in [5.41, 5.74) is 0.543. The highest BCUT2D eigenvalue weighted by Crippen LogP contribution is 2.31. The van der Waals surface area contributed by atoms with Gasteiger partial charge in [-0.2, -0.15) is 8.61 Å². The van der Waals surface area contributed by atoms with Gasteiger partial charge in [0.2, 0.25) is 10.0 Å². The Balaban J connectivity index is 1.63. The summed E-state index contributed by atoms with van der Waals surface area (Å²) in [7, 11) is -7.20. The minimum Gasteiger partial charge on any atom is -0.508 e. The van der Waals surface area contributed by atoms with Crippen LogP contribution in [0.3, 0.4) is 0 Å². The lowest BCUT2D eigenvalue weighted by Crippen LogP contribution is -2.60. The number of ether oxygens (including phenoxy) is 1. The van der Waals surface area contributed by atoms with Gasteiger partial charge in [0.1, 0.15) is 9.96 Å². The molecule has 182 valence electrons. The summed E-state index contributed by atoms with van der Waals surface area (Å²) in [5, 5.41) is 11.4. The molecule has 0 aliphatic carbocycles. The first kappa shape index (κ1) is 24.4. The molecule has 1 aromatic heterocycles. The van der Waals surface area contributed by atoms with E-state index < -0.39 is 26.1 Å². The highest BCUT2D eigenvalue weighted by molar-refractivity contribution is 7.91. The standard InChI is InChI=1S/C21H29N3O6S3/c1-21(15-30-16-21)14-23(32(2,26)27)13-18-12-22(33(28,29)20-4-3-11-31-20)9-10-24(18)17-5-7-19(25)8-6-17/h3-8,11,18,25H,9-10,12-16H2,1-2H3/t18-/m1/s1. The molecule has 0 saturated carbocycles. The summed E-state index contributed by atoms with van der Waals surface area (Å²) in [6.45, 7) is 4.25. The molecule has 2 aliphatic heterocycles. The van der Waals surface area contributed by atoms with Crippen LogP contribution in [0.4, 0.5) is 5.69 Å². The van der Waals surface area contributed by atoms with Crippen molar-refractivity contribution in [3.05, 3.63) is 41.8 Å². The zero-order valence-electron chi connectivity index (χ0n) is 18.6. The smallest absolute Gasteiger partial charge is 0.252 e. The molecule has 0 bridgehead atoms. The normalized spacial score (nSPS) is 21.8. The lowest BCUT2D eigenvalue weighted by atomic mass is 9.88. The number of anilines is 1. The Bertz CT molecular complexity index is 1160. The number of sulfonamides is 2. The van der Waals surface area contributed by atoms with E-state index in [0.29, 0.717) is 26.3 Å². The maximum atomic E-state index is 13.2. The van der Waals surface area contributed by atoms with Crippen molar-refractivity contribution in [3.63, 3.8) is 0 Å². The maximum Gasteiger partial charge on any atom is 0.252 e. The fourth-order valence-electron chi connectivity index (χ4n) is 4.24. The first-order valence-electron chi connectivity index (χ1n) is 10.6. The van der Waals surface area contributed by atoms with Crippen molar-refractivity contribution in [2.75, 3.05) is 57.1 Å². The Hall–Kier alpha value is -1.70. The minimum atomic E-state index is -3.67. The van der Waals surface area contributed by atoms with E-state index in [1.54, 1.807) is 41.8 Å². The number of piperazine rings is 1.